The summed E-state index contributed by atoms with van der Waals surface area (Å²) < 4.78 is 23.9. The Bertz CT molecular complexity index is 323. The molecule has 1 fully saturated rings. The molecule has 1 heterocycles. The lowest BCUT2D eigenvalue weighted by Crippen LogP contribution is -2.45. The van der Waals surface area contributed by atoms with Crippen molar-refractivity contribution in [3.63, 3.8) is 0 Å². The third-order valence-electron chi connectivity index (χ3n) is 3.26. The number of hydrazine groups is 1. The number of hydrogen-bond acceptors (Lipinski definition) is 6. The van der Waals surface area contributed by atoms with Crippen molar-refractivity contribution in [1.82, 2.24) is 10.4 Å². The van der Waals surface area contributed by atoms with Gasteiger partial charge in [-0.25, -0.2) is 5.43 Å². The second-order valence-electron chi connectivity index (χ2n) is 8.38. The fourth-order valence-electron chi connectivity index (χ4n) is 2.21. The summed E-state index contributed by atoms with van der Waals surface area (Å²) in [5, 5.41) is 1.90. The summed E-state index contributed by atoms with van der Waals surface area (Å²) in [7, 11) is 3.90. The van der Waals surface area contributed by atoms with Crippen LogP contribution in [-0.2, 0) is 18.9 Å². The van der Waals surface area contributed by atoms with Gasteiger partial charge in [0.2, 0.25) is 0 Å². The molecule has 23 heavy (non-hydrogen) atoms. The molecule has 1 rings (SSSR count). The summed E-state index contributed by atoms with van der Waals surface area (Å²) in [5.74, 6) is 0. The summed E-state index contributed by atoms with van der Waals surface area (Å²) in [6.07, 6.45) is -0.583. The van der Waals surface area contributed by atoms with Gasteiger partial charge in [0, 0.05) is 14.1 Å². The van der Waals surface area contributed by atoms with E-state index in [2.05, 4.69) is 5.43 Å². The van der Waals surface area contributed by atoms with E-state index < -0.39 is 0 Å². The van der Waals surface area contributed by atoms with Crippen LogP contribution in [0, 0.1) is 0 Å². The first-order valence-electron chi connectivity index (χ1n) is 8.40. The lowest BCUT2D eigenvalue weighted by atomic mass is 10.1. The van der Waals surface area contributed by atoms with Crippen LogP contribution in [0.25, 0.3) is 0 Å². The Morgan fingerprint density at radius 3 is 1.61 bits per heavy atom. The molecule has 0 amide bonds. The number of hydrogen-bond donors (Lipinski definition) is 1. The molecular weight excluding hydrogens is 296 g/mol. The van der Waals surface area contributed by atoms with E-state index in [0.717, 1.165) is 0 Å². The molecule has 0 bridgehead atoms. The van der Waals surface area contributed by atoms with Gasteiger partial charge in [-0.1, -0.05) is 0 Å². The molecule has 138 valence electrons. The molecule has 0 aromatic carbocycles. The lowest BCUT2D eigenvalue weighted by Gasteiger charge is -2.26. The zero-order valence-electron chi connectivity index (χ0n) is 16.3. The molecular formula is C17H36N2O4. The molecule has 6 nitrogen and oxygen atoms in total. The van der Waals surface area contributed by atoms with Crippen LogP contribution < -0.4 is 5.43 Å². The fourth-order valence-corrected chi connectivity index (χ4v) is 2.21. The molecule has 0 saturated carbocycles. The third kappa shape index (κ3) is 8.42. The molecule has 6 heteroatoms. The van der Waals surface area contributed by atoms with Gasteiger partial charge >= 0.3 is 0 Å². The van der Waals surface area contributed by atoms with Crippen LogP contribution in [-0.4, -0.2) is 68.1 Å². The SMILES string of the molecule is C[C@H](NN(C)C)C1O[C@@H](COC(C)(C)C)[C@H](COC(C)(C)C)O1. The van der Waals surface area contributed by atoms with E-state index in [1.165, 1.54) is 0 Å². The van der Waals surface area contributed by atoms with Crippen LogP contribution in [0.3, 0.4) is 0 Å². The minimum atomic E-state index is -0.320. The van der Waals surface area contributed by atoms with E-state index in [0.29, 0.717) is 13.2 Å². The van der Waals surface area contributed by atoms with Crippen molar-refractivity contribution in [2.75, 3.05) is 27.3 Å². The quantitative estimate of drug-likeness (QED) is 0.721. The van der Waals surface area contributed by atoms with E-state index in [1.807, 2.05) is 67.6 Å². The molecule has 3 atom stereocenters. The van der Waals surface area contributed by atoms with Crippen molar-refractivity contribution in [3.05, 3.63) is 0 Å². The highest BCUT2D eigenvalue weighted by molar-refractivity contribution is 4.82. The molecule has 0 aromatic heterocycles. The number of nitrogens with zero attached hydrogens (tertiary/aromatic N) is 1. The van der Waals surface area contributed by atoms with Crippen LogP contribution in [0.15, 0.2) is 0 Å². The van der Waals surface area contributed by atoms with Gasteiger partial charge in [-0.15, -0.1) is 0 Å². The average molecular weight is 332 g/mol. The summed E-state index contributed by atoms with van der Waals surface area (Å²) >= 11 is 0. The minimum Gasteiger partial charge on any atom is -0.373 e. The largest absolute Gasteiger partial charge is 0.373 e. The fraction of sp³-hybridized carbons (Fsp3) is 1.00. The smallest absolute Gasteiger partial charge is 0.175 e. The highest BCUT2D eigenvalue weighted by Gasteiger charge is 2.40. The molecule has 0 aliphatic carbocycles. The normalized spacial score (nSPS) is 25.3. The molecule has 1 saturated heterocycles. The van der Waals surface area contributed by atoms with Gasteiger partial charge in [0.15, 0.2) is 6.29 Å². The summed E-state index contributed by atoms with van der Waals surface area (Å²) in [4.78, 5) is 0. The van der Waals surface area contributed by atoms with Crippen LogP contribution >= 0.6 is 0 Å². The highest BCUT2D eigenvalue weighted by atomic mass is 16.7. The van der Waals surface area contributed by atoms with Crippen LogP contribution in [0.4, 0.5) is 0 Å². The van der Waals surface area contributed by atoms with E-state index in [1.54, 1.807) is 0 Å². The van der Waals surface area contributed by atoms with Crippen molar-refractivity contribution >= 4 is 0 Å². The minimum absolute atomic E-state index is 0.0433. The van der Waals surface area contributed by atoms with Crippen molar-refractivity contribution in [1.29, 1.82) is 0 Å². The predicted octanol–water partition coefficient (Wildman–Crippen LogP) is 2.18. The predicted molar refractivity (Wildman–Crippen MR) is 91.2 cm³/mol. The van der Waals surface area contributed by atoms with Gasteiger partial charge in [0.1, 0.15) is 12.2 Å². The van der Waals surface area contributed by atoms with E-state index >= 15 is 0 Å². The van der Waals surface area contributed by atoms with E-state index in [-0.39, 0.29) is 35.7 Å². The number of nitrogens with one attached hydrogen (secondary N) is 1. The summed E-state index contributed by atoms with van der Waals surface area (Å²) in [5.41, 5.74) is 2.86. The Morgan fingerprint density at radius 2 is 1.30 bits per heavy atom. The molecule has 0 unspecified atom stereocenters. The molecule has 0 aromatic rings. The first-order chi connectivity index (χ1) is 10.4. The van der Waals surface area contributed by atoms with Gasteiger partial charge in [-0.3, -0.25) is 5.01 Å². The summed E-state index contributed by atoms with van der Waals surface area (Å²) in [6.45, 7) is 15.3. The Labute approximate surface area is 141 Å². The second-order valence-corrected chi connectivity index (χ2v) is 8.38. The van der Waals surface area contributed by atoms with Gasteiger partial charge < -0.3 is 18.9 Å². The number of rotatable bonds is 7. The summed E-state index contributed by atoms with van der Waals surface area (Å²) in [6, 6.07) is 0.0433. The number of ether oxygens (including phenoxy) is 4. The molecule has 1 aliphatic rings. The molecule has 0 spiro atoms. The highest BCUT2D eigenvalue weighted by Crippen LogP contribution is 2.25. The van der Waals surface area contributed by atoms with E-state index in [4.69, 9.17) is 18.9 Å². The second kappa shape index (κ2) is 8.23. The van der Waals surface area contributed by atoms with Crippen LogP contribution in [0.5, 0.6) is 0 Å². The first kappa shape index (κ1) is 20.8. The zero-order chi connectivity index (χ0) is 17.8. The van der Waals surface area contributed by atoms with Crippen LogP contribution in [0.2, 0.25) is 0 Å². The first-order valence-corrected chi connectivity index (χ1v) is 8.40. The van der Waals surface area contributed by atoms with Gasteiger partial charge in [-0.2, -0.15) is 0 Å². The maximum absolute atomic E-state index is 6.08. The molecule has 1 aliphatic heterocycles. The maximum Gasteiger partial charge on any atom is 0.175 e. The van der Waals surface area contributed by atoms with Crippen molar-refractivity contribution in [2.45, 2.75) is 84.2 Å². The molecule has 0 radical (unpaired) electrons. The van der Waals surface area contributed by atoms with Gasteiger partial charge in [0.25, 0.3) is 0 Å². The van der Waals surface area contributed by atoms with Crippen LogP contribution in [0.1, 0.15) is 48.5 Å². The molecule has 1 N–H and O–H groups in total. The van der Waals surface area contributed by atoms with E-state index in [9.17, 15) is 0 Å². The Balaban J connectivity index is 2.65. The maximum atomic E-state index is 6.08. The Kier molecular flexibility index (Phi) is 7.44. The third-order valence-corrected chi connectivity index (χ3v) is 3.26. The van der Waals surface area contributed by atoms with Gasteiger partial charge in [-0.05, 0) is 48.5 Å². The van der Waals surface area contributed by atoms with Crippen molar-refractivity contribution < 1.29 is 18.9 Å². The van der Waals surface area contributed by atoms with Gasteiger partial charge in [0.05, 0.1) is 30.5 Å². The monoisotopic (exact) mass is 332 g/mol. The van der Waals surface area contributed by atoms with Crippen molar-refractivity contribution in [3.8, 4) is 0 Å². The van der Waals surface area contributed by atoms with Crippen molar-refractivity contribution in [2.24, 2.45) is 0 Å². The lowest BCUT2D eigenvalue weighted by molar-refractivity contribution is -0.116. The zero-order valence-corrected chi connectivity index (χ0v) is 16.3. The topological polar surface area (TPSA) is 52.2 Å². The Hall–Kier alpha value is -0.240. The average Bonchev–Trinajstić information content (AvgIpc) is 2.74. The Morgan fingerprint density at radius 1 is 0.913 bits per heavy atom. The standard InChI is InChI=1S/C17H36N2O4/c1-12(18-19(8)9)15-22-13(10-20-16(2,3)4)14(23-15)11-21-17(5,6)7/h12-15,18H,10-11H2,1-9H3/t12-,13-,14-/m0/s1.